The van der Waals surface area contributed by atoms with E-state index in [0.717, 1.165) is 37.7 Å². The van der Waals surface area contributed by atoms with Crippen LogP contribution in [0.15, 0.2) is 96.1 Å². The normalized spacial score (nSPS) is 15.0. The van der Waals surface area contributed by atoms with Crippen LogP contribution in [0, 0.1) is 0 Å². The number of methoxy groups -OCH3 is 1. The van der Waals surface area contributed by atoms with Crippen molar-refractivity contribution in [2.75, 3.05) is 13.7 Å². The van der Waals surface area contributed by atoms with Gasteiger partial charge < -0.3 is 9.47 Å². The van der Waals surface area contributed by atoms with Crippen LogP contribution in [0.2, 0.25) is 5.02 Å². The van der Waals surface area contributed by atoms with E-state index in [9.17, 15) is 9.59 Å². The number of nitrogens with zero attached hydrogens (tertiary/aromatic N) is 2. The van der Waals surface area contributed by atoms with Crippen LogP contribution in [0.5, 0.6) is 5.75 Å². The quantitative estimate of drug-likeness (QED) is 0.207. The largest absolute Gasteiger partial charge is 0.497 e. The molecule has 0 saturated heterocycles. The number of esters is 1. The molecule has 0 fully saturated rings. The van der Waals surface area contributed by atoms with Crippen LogP contribution in [-0.2, 0) is 9.53 Å². The molecule has 0 saturated carbocycles. The summed E-state index contributed by atoms with van der Waals surface area (Å²) in [6.07, 6.45) is 0.548. The molecule has 0 aliphatic carbocycles. The first-order valence-electron chi connectivity index (χ1n) is 12.4. The number of carbonyl (C=O) groups excluding carboxylic acids is 2. The van der Waals surface area contributed by atoms with Crippen LogP contribution in [0.1, 0.15) is 33.3 Å². The summed E-state index contributed by atoms with van der Waals surface area (Å²) in [6, 6.07) is 29.1. The summed E-state index contributed by atoms with van der Waals surface area (Å²) >= 11 is 7.68. The Balaban J connectivity index is 1.24. The smallest absolute Gasteiger partial charge is 0.350 e. The molecular weight excluding hydrogens is 532 g/mol. The standard InChI is InChI=1S/C31H23ClN2O4S/c1-37-23-13-14-24-27(16-23)39-30(29(24)32)31(36)38-18-28(35)34-26(20-8-3-2-4-9-20)17-25(33-34)22-12-11-19-7-5-6-10-21(19)15-22/h2-16,26H,17-18H2,1H3. The summed E-state index contributed by atoms with van der Waals surface area (Å²) in [5.74, 6) is -0.397. The number of hydrazone groups is 1. The molecule has 1 aromatic heterocycles. The Kier molecular flexibility index (Phi) is 6.77. The van der Waals surface area contributed by atoms with Gasteiger partial charge in [0.15, 0.2) is 6.61 Å². The zero-order chi connectivity index (χ0) is 26.9. The van der Waals surface area contributed by atoms with E-state index in [1.807, 2.05) is 54.6 Å². The van der Waals surface area contributed by atoms with Gasteiger partial charge in [0.05, 0.1) is 23.9 Å². The van der Waals surface area contributed by atoms with E-state index in [4.69, 9.17) is 26.2 Å². The molecule has 1 unspecified atom stereocenters. The highest BCUT2D eigenvalue weighted by atomic mass is 35.5. The van der Waals surface area contributed by atoms with Gasteiger partial charge in [-0.05, 0) is 46.2 Å². The first-order chi connectivity index (χ1) is 19.0. The van der Waals surface area contributed by atoms with Gasteiger partial charge in [0.1, 0.15) is 10.6 Å². The summed E-state index contributed by atoms with van der Waals surface area (Å²) in [5, 5.41) is 9.42. The Morgan fingerprint density at radius 3 is 2.54 bits per heavy atom. The van der Waals surface area contributed by atoms with Crippen molar-refractivity contribution >= 4 is 61.4 Å². The van der Waals surface area contributed by atoms with Crippen LogP contribution >= 0.6 is 22.9 Å². The fourth-order valence-corrected chi connectivity index (χ4v) is 6.21. The highest BCUT2D eigenvalue weighted by molar-refractivity contribution is 7.21. The van der Waals surface area contributed by atoms with Crippen molar-refractivity contribution in [1.82, 2.24) is 5.01 Å². The van der Waals surface area contributed by atoms with Crippen molar-refractivity contribution in [1.29, 1.82) is 0 Å². The number of halogens is 1. The monoisotopic (exact) mass is 554 g/mol. The second kappa shape index (κ2) is 10.5. The van der Waals surface area contributed by atoms with Crippen molar-refractivity contribution in [2.45, 2.75) is 12.5 Å². The van der Waals surface area contributed by atoms with Crippen molar-refractivity contribution < 1.29 is 19.1 Å². The molecule has 0 spiro atoms. The van der Waals surface area contributed by atoms with E-state index >= 15 is 0 Å². The van der Waals surface area contributed by atoms with Gasteiger partial charge in [-0.2, -0.15) is 5.10 Å². The number of rotatable bonds is 6. The van der Waals surface area contributed by atoms with Gasteiger partial charge in [0, 0.05) is 16.5 Å². The number of hydrogen-bond donors (Lipinski definition) is 0. The molecule has 39 heavy (non-hydrogen) atoms. The third-order valence-corrected chi connectivity index (χ3v) is 8.42. The van der Waals surface area contributed by atoms with Crippen molar-refractivity contribution in [2.24, 2.45) is 5.10 Å². The van der Waals surface area contributed by atoms with Gasteiger partial charge in [0.2, 0.25) is 0 Å². The minimum Gasteiger partial charge on any atom is -0.497 e. The minimum absolute atomic E-state index is 0.245. The number of carbonyl (C=O) groups is 2. The Hall–Kier alpha value is -4.20. The Morgan fingerprint density at radius 1 is 0.974 bits per heavy atom. The van der Waals surface area contributed by atoms with Crippen LogP contribution in [-0.4, -0.2) is 36.3 Å². The fraction of sp³-hybridized carbons (Fsp3) is 0.129. The van der Waals surface area contributed by atoms with E-state index in [1.165, 1.54) is 16.3 Å². The maximum Gasteiger partial charge on any atom is 0.350 e. The maximum absolute atomic E-state index is 13.4. The molecule has 4 aromatic carbocycles. The lowest BCUT2D eigenvalue weighted by atomic mass is 9.97. The molecule has 5 aromatic rings. The highest BCUT2D eigenvalue weighted by Crippen LogP contribution is 2.38. The second-order valence-electron chi connectivity index (χ2n) is 9.16. The number of hydrogen-bond acceptors (Lipinski definition) is 6. The fourth-order valence-electron chi connectivity index (χ4n) is 4.78. The number of amides is 1. The SMILES string of the molecule is COc1ccc2c(Cl)c(C(=O)OCC(=O)N3N=C(c4ccc5ccccc5c4)CC3c3ccccc3)sc2c1. The molecule has 0 N–H and O–H groups in total. The Morgan fingerprint density at radius 2 is 1.74 bits per heavy atom. The molecule has 1 atom stereocenters. The third kappa shape index (κ3) is 4.87. The molecule has 1 amide bonds. The Labute approximate surface area is 234 Å². The van der Waals surface area contributed by atoms with Crippen LogP contribution in [0.3, 0.4) is 0 Å². The topological polar surface area (TPSA) is 68.2 Å². The third-order valence-electron chi connectivity index (χ3n) is 6.78. The summed E-state index contributed by atoms with van der Waals surface area (Å²) in [7, 11) is 1.58. The Bertz CT molecular complexity index is 1750. The molecule has 6 rings (SSSR count). The molecule has 194 valence electrons. The second-order valence-corrected chi connectivity index (χ2v) is 10.6. The number of thiophene rings is 1. The molecule has 8 heteroatoms. The van der Waals surface area contributed by atoms with E-state index in [1.54, 1.807) is 19.2 Å². The number of fused-ring (bicyclic) bond motifs is 2. The highest BCUT2D eigenvalue weighted by Gasteiger charge is 2.34. The van der Waals surface area contributed by atoms with Gasteiger partial charge >= 0.3 is 5.97 Å². The summed E-state index contributed by atoms with van der Waals surface area (Å²) in [6.45, 7) is -0.454. The number of ether oxygens (including phenoxy) is 2. The van der Waals surface area contributed by atoms with E-state index in [2.05, 4.69) is 24.3 Å². The molecule has 0 bridgehead atoms. The van der Waals surface area contributed by atoms with Crippen LogP contribution in [0.25, 0.3) is 20.9 Å². The van der Waals surface area contributed by atoms with Gasteiger partial charge in [-0.1, -0.05) is 78.3 Å². The van der Waals surface area contributed by atoms with Crippen LogP contribution in [0.4, 0.5) is 0 Å². The van der Waals surface area contributed by atoms with Gasteiger partial charge in [-0.3, -0.25) is 4.79 Å². The van der Waals surface area contributed by atoms with Gasteiger partial charge in [-0.25, -0.2) is 9.80 Å². The molecule has 1 aliphatic heterocycles. The molecule has 6 nitrogen and oxygen atoms in total. The lowest BCUT2D eigenvalue weighted by Crippen LogP contribution is -2.31. The average molecular weight is 555 g/mol. The zero-order valence-electron chi connectivity index (χ0n) is 21.0. The molecule has 2 heterocycles. The first-order valence-corrected chi connectivity index (χ1v) is 13.6. The van der Waals surface area contributed by atoms with Gasteiger partial charge in [-0.15, -0.1) is 11.3 Å². The molecule has 0 radical (unpaired) electrons. The molecule has 1 aliphatic rings. The summed E-state index contributed by atoms with van der Waals surface area (Å²) < 4.78 is 11.5. The van der Waals surface area contributed by atoms with E-state index in [0.29, 0.717) is 17.2 Å². The lowest BCUT2D eigenvalue weighted by molar-refractivity contribution is -0.136. The number of benzene rings is 4. The minimum atomic E-state index is -0.650. The first kappa shape index (κ1) is 25.1. The maximum atomic E-state index is 13.4. The predicted molar refractivity (Wildman–Crippen MR) is 155 cm³/mol. The zero-order valence-corrected chi connectivity index (χ0v) is 22.5. The average Bonchev–Trinajstić information content (AvgIpc) is 3.57. The van der Waals surface area contributed by atoms with Crippen LogP contribution < -0.4 is 4.74 Å². The van der Waals surface area contributed by atoms with E-state index < -0.39 is 18.5 Å². The van der Waals surface area contributed by atoms with E-state index in [-0.39, 0.29) is 10.9 Å². The van der Waals surface area contributed by atoms with Crippen molar-refractivity contribution in [3.63, 3.8) is 0 Å². The lowest BCUT2D eigenvalue weighted by Gasteiger charge is -2.21. The predicted octanol–water partition coefficient (Wildman–Crippen LogP) is 7.25. The van der Waals surface area contributed by atoms with Gasteiger partial charge in [0.25, 0.3) is 5.91 Å². The van der Waals surface area contributed by atoms with Crippen molar-refractivity contribution in [3.8, 4) is 5.75 Å². The summed E-state index contributed by atoms with van der Waals surface area (Å²) in [4.78, 5) is 26.6. The van der Waals surface area contributed by atoms with Crippen molar-refractivity contribution in [3.05, 3.63) is 112 Å². The molecular formula is C31H23ClN2O4S. The summed E-state index contributed by atoms with van der Waals surface area (Å²) in [5.41, 5.74) is 2.71.